The topological polar surface area (TPSA) is 58.5 Å². The highest BCUT2D eigenvalue weighted by molar-refractivity contribution is 5.39. The highest BCUT2D eigenvalue weighted by atomic mass is 16.5. The molecule has 0 aliphatic heterocycles. The SMILES string of the molecule is COc1ccc(O)c(CN(Cc2ccccn2)Cc2ccccn2)c1. The van der Waals surface area contributed by atoms with E-state index in [4.69, 9.17) is 4.74 Å². The number of phenols is 1. The zero-order valence-electron chi connectivity index (χ0n) is 14.2. The molecule has 2 aromatic heterocycles. The van der Waals surface area contributed by atoms with Gasteiger partial charge in [0.1, 0.15) is 11.5 Å². The molecule has 3 rings (SSSR count). The Kier molecular flexibility index (Phi) is 5.59. The smallest absolute Gasteiger partial charge is 0.120 e. The molecule has 0 unspecified atom stereocenters. The first-order chi connectivity index (χ1) is 12.2. The summed E-state index contributed by atoms with van der Waals surface area (Å²) in [6.45, 7) is 1.89. The predicted molar refractivity (Wildman–Crippen MR) is 96.1 cm³/mol. The van der Waals surface area contributed by atoms with Crippen molar-refractivity contribution in [3.05, 3.63) is 83.9 Å². The largest absolute Gasteiger partial charge is 0.508 e. The van der Waals surface area contributed by atoms with Crippen molar-refractivity contribution in [3.8, 4) is 11.5 Å². The minimum absolute atomic E-state index is 0.257. The van der Waals surface area contributed by atoms with E-state index in [1.54, 1.807) is 31.6 Å². The first-order valence-corrected chi connectivity index (χ1v) is 8.12. The van der Waals surface area contributed by atoms with Gasteiger partial charge in [0.05, 0.1) is 18.5 Å². The molecular weight excluding hydrogens is 314 g/mol. The van der Waals surface area contributed by atoms with Crippen LogP contribution >= 0.6 is 0 Å². The van der Waals surface area contributed by atoms with E-state index in [-0.39, 0.29) is 5.75 Å². The van der Waals surface area contributed by atoms with Gasteiger partial charge in [-0.05, 0) is 42.5 Å². The van der Waals surface area contributed by atoms with E-state index in [0.717, 1.165) is 22.7 Å². The summed E-state index contributed by atoms with van der Waals surface area (Å²) < 4.78 is 5.27. The Morgan fingerprint density at radius 3 is 2.04 bits per heavy atom. The van der Waals surface area contributed by atoms with Gasteiger partial charge in [-0.3, -0.25) is 14.9 Å². The molecule has 0 aliphatic rings. The lowest BCUT2D eigenvalue weighted by Crippen LogP contribution is -2.23. The standard InChI is InChI=1S/C20H21N3O2/c1-25-19-8-9-20(24)16(12-19)13-23(14-17-6-2-4-10-21-17)15-18-7-3-5-11-22-18/h2-12,24H,13-15H2,1H3. The summed E-state index contributed by atoms with van der Waals surface area (Å²) in [7, 11) is 1.62. The van der Waals surface area contributed by atoms with Crippen LogP contribution in [0.25, 0.3) is 0 Å². The van der Waals surface area contributed by atoms with Crippen LogP contribution < -0.4 is 4.74 Å². The molecule has 0 radical (unpaired) electrons. The number of benzene rings is 1. The molecule has 0 saturated carbocycles. The fourth-order valence-electron chi connectivity index (χ4n) is 2.67. The number of aromatic nitrogens is 2. The number of hydrogen-bond donors (Lipinski definition) is 1. The Morgan fingerprint density at radius 1 is 0.880 bits per heavy atom. The Bertz CT molecular complexity index is 753. The molecule has 5 heteroatoms. The number of rotatable bonds is 7. The molecule has 0 atom stereocenters. The van der Waals surface area contributed by atoms with Crippen LogP contribution in [0.15, 0.2) is 67.0 Å². The summed E-state index contributed by atoms with van der Waals surface area (Å²) in [4.78, 5) is 11.0. The molecule has 5 nitrogen and oxygen atoms in total. The lowest BCUT2D eigenvalue weighted by atomic mass is 10.1. The average Bonchev–Trinajstić information content (AvgIpc) is 2.65. The summed E-state index contributed by atoms with van der Waals surface area (Å²) in [5, 5.41) is 10.2. The summed E-state index contributed by atoms with van der Waals surface area (Å²) in [5.74, 6) is 0.983. The molecule has 0 fully saturated rings. The summed E-state index contributed by atoms with van der Waals surface area (Å²) in [5.41, 5.74) is 2.76. The van der Waals surface area contributed by atoms with Gasteiger partial charge in [-0.15, -0.1) is 0 Å². The van der Waals surface area contributed by atoms with E-state index in [1.807, 2.05) is 42.5 Å². The Balaban J connectivity index is 1.82. The third kappa shape index (κ3) is 4.78. The highest BCUT2D eigenvalue weighted by Crippen LogP contribution is 2.25. The van der Waals surface area contributed by atoms with Crippen molar-refractivity contribution in [1.29, 1.82) is 0 Å². The molecule has 0 aliphatic carbocycles. The molecule has 25 heavy (non-hydrogen) atoms. The molecular formula is C20H21N3O2. The number of hydrogen-bond acceptors (Lipinski definition) is 5. The maximum Gasteiger partial charge on any atom is 0.120 e. The number of nitrogens with zero attached hydrogens (tertiary/aromatic N) is 3. The first kappa shape index (κ1) is 16.9. The van der Waals surface area contributed by atoms with E-state index >= 15 is 0 Å². The molecule has 0 spiro atoms. The minimum atomic E-state index is 0.257. The molecule has 1 aromatic carbocycles. The molecule has 3 aromatic rings. The highest BCUT2D eigenvalue weighted by Gasteiger charge is 2.13. The number of methoxy groups -OCH3 is 1. The van der Waals surface area contributed by atoms with Crippen molar-refractivity contribution in [1.82, 2.24) is 14.9 Å². The maximum absolute atomic E-state index is 10.2. The van der Waals surface area contributed by atoms with Crippen molar-refractivity contribution in [3.63, 3.8) is 0 Å². The predicted octanol–water partition coefficient (Wildman–Crippen LogP) is 3.39. The molecule has 1 N–H and O–H groups in total. The fourth-order valence-corrected chi connectivity index (χ4v) is 2.67. The normalized spacial score (nSPS) is 10.8. The number of pyridine rings is 2. The quantitative estimate of drug-likeness (QED) is 0.717. The van der Waals surface area contributed by atoms with E-state index in [2.05, 4.69) is 14.9 Å². The van der Waals surface area contributed by atoms with Gasteiger partial charge in [0.2, 0.25) is 0 Å². The van der Waals surface area contributed by atoms with Crippen LogP contribution in [0.3, 0.4) is 0 Å². The van der Waals surface area contributed by atoms with Crippen LogP contribution in [0.1, 0.15) is 17.0 Å². The van der Waals surface area contributed by atoms with E-state index < -0.39 is 0 Å². The summed E-state index contributed by atoms with van der Waals surface area (Å²) >= 11 is 0. The number of phenolic OH excluding ortho intramolecular Hbond substituents is 1. The lowest BCUT2D eigenvalue weighted by molar-refractivity contribution is 0.238. The fraction of sp³-hybridized carbons (Fsp3) is 0.200. The van der Waals surface area contributed by atoms with Crippen molar-refractivity contribution in [2.75, 3.05) is 7.11 Å². The van der Waals surface area contributed by atoms with Crippen LogP contribution in [0.2, 0.25) is 0 Å². The van der Waals surface area contributed by atoms with Crippen LogP contribution in [-0.4, -0.2) is 27.1 Å². The minimum Gasteiger partial charge on any atom is -0.508 e. The molecule has 0 saturated heterocycles. The van der Waals surface area contributed by atoms with Crippen molar-refractivity contribution < 1.29 is 9.84 Å². The molecule has 2 heterocycles. The lowest BCUT2D eigenvalue weighted by Gasteiger charge is -2.22. The summed E-state index contributed by atoms with van der Waals surface area (Å²) in [6.07, 6.45) is 3.58. The van der Waals surface area contributed by atoms with E-state index in [9.17, 15) is 5.11 Å². The third-order valence-corrected chi connectivity index (χ3v) is 3.90. The Morgan fingerprint density at radius 2 is 1.52 bits per heavy atom. The molecule has 0 amide bonds. The van der Waals surface area contributed by atoms with Crippen molar-refractivity contribution in [2.24, 2.45) is 0 Å². The van der Waals surface area contributed by atoms with Gasteiger partial charge in [-0.2, -0.15) is 0 Å². The second-order valence-corrected chi connectivity index (χ2v) is 5.78. The van der Waals surface area contributed by atoms with Crippen LogP contribution in [-0.2, 0) is 19.6 Å². The number of aromatic hydroxyl groups is 1. The van der Waals surface area contributed by atoms with Gasteiger partial charge in [-0.25, -0.2) is 0 Å². The van der Waals surface area contributed by atoms with Gasteiger partial charge in [0.25, 0.3) is 0 Å². The van der Waals surface area contributed by atoms with E-state index in [1.165, 1.54) is 0 Å². The Labute approximate surface area is 147 Å². The zero-order chi connectivity index (χ0) is 17.5. The van der Waals surface area contributed by atoms with Crippen LogP contribution in [0, 0.1) is 0 Å². The second kappa shape index (κ2) is 8.26. The zero-order valence-corrected chi connectivity index (χ0v) is 14.2. The van der Waals surface area contributed by atoms with Crippen LogP contribution in [0.4, 0.5) is 0 Å². The monoisotopic (exact) mass is 335 g/mol. The average molecular weight is 335 g/mol. The summed E-state index contributed by atoms with van der Waals surface area (Å²) in [6, 6.07) is 17.0. The third-order valence-electron chi connectivity index (χ3n) is 3.90. The second-order valence-electron chi connectivity index (χ2n) is 5.78. The molecule has 0 bridgehead atoms. The maximum atomic E-state index is 10.2. The van der Waals surface area contributed by atoms with Gasteiger partial charge >= 0.3 is 0 Å². The van der Waals surface area contributed by atoms with Crippen molar-refractivity contribution >= 4 is 0 Å². The number of ether oxygens (including phenoxy) is 1. The molecule has 128 valence electrons. The van der Waals surface area contributed by atoms with Crippen LogP contribution in [0.5, 0.6) is 11.5 Å². The first-order valence-electron chi connectivity index (χ1n) is 8.12. The van der Waals surface area contributed by atoms with Crippen molar-refractivity contribution in [2.45, 2.75) is 19.6 Å². The Hall–Kier alpha value is -2.92. The van der Waals surface area contributed by atoms with Gasteiger partial charge in [-0.1, -0.05) is 12.1 Å². The van der Waals surface area contributed by atoms with Gasteiger partial charge in [0, 0.05) is 37.6 Å². The van der Waals surface area contributed by atoms with E-state index in [0.29, 0.717) is 19.6 Å². The van der Waals surface area contributed by atoms with Gasteiger partial charge < -0.3 is 9.84 Å². The van der Waals surface area contributed by atoms with Gasteiger partial charge in [0.15, 0.2) is 0 Å².